The van der Waals surface area contributed by atoms with Crippen molar-refractivity contribution in [1.29, 1.82) is 5.26 Å². The van der Waals surface area contributed by atoms with Gasteiger partial charge < -0.3 is 9.64 Å². The molecule has 0 saturated heterocycles. The molecule has 0 aliphatic heterocycles. The molecule has 0 bridgehead atoms. The van der Waals surface area contributed by atoms with Gasteiger partial charge >= 0.3 is 0 Å². The number of nitrogens with zero attached hydrogens (tertiary/aromatic N) is 2. The van der Waals surface area contributed by atoms with Crippen molar-refractivity contribution >= 4 is 17.4 Å². The molecule has 5 heteroatoms. The molecule has 0 N–H and O–H groups in total. The van der Waals surface area contributed by atoms with Crippen molar-refractivity contribution in [1.82, 2.24) is 0 Å². The number of carbonyl (C=O) groups is 2. The topological polar surface area (TPSA) is 70.4 Å². The summed E-state index contributed by atoms with van der Waals surface area (Å²) < 4.78 is 5.61. The summed E-state index contributed by atoms with van der Waals surface area (Å²) in [5, 5.41) is 8.86. The summed E-state index contributed by atoms with van der Waals surface area (Å²) in [6, 6.07) is 27.0. The maximum Gasteiger partial charge on any atom is 0.264 e. The van der Waals surface area contributed by atoms with E-state index in [1.165, 1.54) is 4.90 Å². The normalized spacial score (nSPS) is 10.0. The maximum atomic E-state index is 12.6. The van der Waals surface area contributed by atoms with Crippen molar-refractivity contribution in [3.8, 4) is 11.8 Å². The van der Waals surface area contributed by atoms with Crippen LogP contribution < -0.4 is 9.64 Å². The molecule has 3 rings (SSSR count). The molecular weight excluding hydrogens is 364 g/mol. The number of anilines is 1. The lowest BCUT2D eigenvalue weighted by atomic mass is 10.0. The molecular formula is C24H20N2O3. The second-order valence-electron chi connectivity index (χ2n) is 6.30. The second-order valence-corrected chi connectivity index (χ2v) is 6.30. The van der Waals surface area contributed by atoms with Gasteiger partial charge in [-0.2, -0.15) is 5.26 Å². The molecule has 0 heterocycles. The van der Waals surface area contributed by atoms with Crippen LogP contribution in [0.1, 0.15) is 22.3 Å². The summed E-state index contributed by atoms with van der Waals surface area (Å²) in [7, 11) is 0. The third-order valence-electron chi connectivity index (χ3n) is 4.33. The van der Waals surface area contributed by atoms with Crippen LogP contribution in [-0.2, 0) is 4.79 Å². The van der Waals surface area contributed by atoms with E-state index in [-0.39, 0.29) is 24.7 Å². The summed E-state index contributed by atoms with van der Waals surface area (Å²) in [5.74, 6) is 0.187. The van der Waals surface area contributed by atoms with Crippen LogP contribution in [-0.4, -0.2) is 24.8 Å². The molecule has 0 spiro atoms. The van der Waals surface area contributed by atoms with E-state index >= 15 is 0 Å². The van der Waals surface area contributed by atoms with Crippen LogP contribution in [0.4, 0.5) is 5.69 Å². The lowest BCUT2D eigenvalue weighted by molar-refractivity contribution is -0.120. The largest absolute Gasteiger partial charge is 0.484 e. The van der Waals surface area contributed by atoms with Crippen LogP contribution in [0.15, 0.2) is 84.9 Å². The van der Waals surface area contributed by atoms with Gasteiger partial charge in [0, 0.05) is 23.4 Å². The molecule has 0 fully saturated rings. The first-order valence-electron chi connectivity index (χ1n) is 9.24. The van der Waals surface area contributed by atoms with Crippen LogP contribution in [0.25, 0.3) is 0 Å². The predicted molar refractivity (Wildman–Crippen MR) is 111 cm³/mol. The van der Waals surface area contributed by atoms with E-state index in [1.54, 1.807) is 36.4 Å². The van der Waals surface area contributed by atoms with Crippen molar-refractivity contribution < 1.29 is 14.3 Å². The molecule has 3 aromatic carbocycles. The van der Waals surface area contributed by atoms with Crippen LogP contribution >= 0.6 is 0 Å². The van der Waals surface area contributed by atoms with Crippen molar-refractivity contribution in [2.75, 3.05) is 18.1 Å². The van der Waals surface area contributed by atoms with Gasteiger partial charge in [0.2, 0.25) is 0 Å². The summed E-state index contributed by atoms with van der Waals surface area (Å²) in [4.78, 5) is 26.6. The minimum atomic E-state index is -0.240. The molecule has 0 aromatic heterocycles. The standard InChI is InChI=1S/C24H20N2O3/c25-16-7-17-26(21-10-5-2-6-11-21)23(27)18-29-22-14-12-20(13-15-22)24(28)19-8-3-1-4-9-19/h1-6,8-15H,7,17-18H2. The van der Waals surface area contributed by atoms with E-state index in [0.29, 0.717) is 23.4 Å². The highest BCUT2D eigenvalue weighted by molar-refractivity contribution is 6.09. The SMILES string of the molecule is N#CCCN(C(=O)COc1ccc(C(=O)c2ccccc2)cc1)c1ccccc1. The van der Waals surface area contributed by atoms with E-state index in [4.69, 9.17) is 10.00 Å². The number of rotatable bonds is 8. The minimum absolute atomic E-state index is 0.0695. The van der Waals surface area contributed by atoms with Gasteiger partial charge in [0.05, 0.1) is 12.5 Å². The number of ether oxygens (including phenoxy) is 1. The van der Waals surface area contributed by atoms with E-state index in [0.717, 1.165) is 5.69 Å². The van der Waals surface area contributed by atoms with Crippen molar-refractivity contribution in [2.24, 2.45) is 0 Å². The van der Waals surface area contributed by atoms with Gasteiger partial charge in [-0.15, -0.1) is 0 Å². The maximum absolute atomic E-state index is 12.6. The van der Waals surface area contributed by atoms with E-state index in [1.807, 2.05) is 48.5 Å². The Labute approximate surface area is 169 Å². The van der Waals surface area contributed by atoms with E-state index in [2.05, 4.69) is 6.07 Å². The Morgan fingerprint density at radius 1 is 0.828 bits per heavy atom. The molecule has 3 aromatic rings. The molecule has 0 atom stereocenters. The molecule has 5 nitrogen and oxygen atoms in total. The Morgan fingerprint density at radius 3 is 2.03 bits per heavy atom. The van der Waals surface area contributed by atoms with Gasteiger partial charge in [-0.3, -0.25) is 9.59 Å². The highest BCUT2D eigenvalue weighted by Crippen LogP contribution is 2.17. The Morgan fingerprint density at radius 2 is 1.41 bits per heavy atom. The Balaban J connectivity index is 1.63. The second kappa shape index (κ2) is 9.86. The zero-order valence-electron chi connectivity index (χ0n) is 15.8. The van der Waals surface area contributed by atoms with Gasteiger partial charge in [-0.25, -0.2) is 0 Å². The van der Waals surface area contributed by atoms with Crippen molar-refractivity contribution in [3.05, 3.63) is 96.1 Å². The Hall–Kier alpha value is -3.91. The summed E-state index contributed by atoms with van der Waals surface area (Å²) in [5.41, 5.74) is 1.89. The number of benzene rings is 3. The van der Waals surface area contributed by atoms with Crippen LogP contribution in [0.5, 0.6) is 5.75 Å². The fourth-order valence-corrected chi connectivity index (χ4v) is 2.85. The number of ketones is 1. The molecule has 0 radical (unpaired) electrons. The number of carbonyl (C=O) groups excluding carboxylic acids is 2. The number of hydrogen-bond donors (Lipinski definition) is 0. The average Bonchev–Trinajstić information content (AvgIpc) is 2.79. The lowest BCUT2D eigenvalue weighted by Gasteiger charge is -2.21. The molecule has 0 unspecified atom stereocenters. The molecule has 0 aliphatic carbocycles. The van der Waals surface area contributed by atoms with Crippen LogP contribution in [0.3, 0.4) is 0 Å². The van der Waals surface area contributed by atoms with E-state index in [9.17, 15) is 9.59 Å². The monoisotopic (exact) mass is 384 g/mol. The van der Waals surface area contributed by atoms with Gasteiger partial charge in [0.1, 0.15) is 5.75 Å². The highest BCUT2D eigenvalue weighted by atomic mass is 16.5. The van der Waals surface area contributed by atoms with Crippen molar-refractivity contribution in [3.63, 3.8) is 0 Å². The average molecular weight is 384 g/mol. The van der Waals surface area contributed by atoms with Gasteiger partial charge in [0.25, 0.3) is 5.91 Å². The zero-order valence-corrected chi connectivity index (χ0v) is 15.8. The van der Waals surface area contributed by atoms with Crippen LogP contribution in [0.2, 0.25) is 0 Å². The fraction of sp³-hybridized carbons (Fsp3) is 0.125. The number of hydrogen-bond acceptors (Lipinski definition) is 4. The highest BCUT2D eigenvalue weighted by Gasteiger charge is 2.16. The summed E-state index contributed by atoms with van der Waals surface area (Å²) in [6.45, 7) is 0.138. The smallest absolute Gasteiger partial charge is 0.264 e. The van der Waals surface area contributed by atoms with Crippen LogP contribution in [0, 0.1) is 11.3 Å². The molecule has 0 saturated carbocycles. The predicted octanol–water partition coefficient (Wildman–Crippen LogP) is 4.24. The molecule has 1 amide bonds. The minimum Gasteiger partial charge on any atom is -0.484 e. The third-order valence-corrected chi connectivity index (χ3v) is 4.33. The first-order valence-corrected chi connectivity index (χ1v) is 9.24. The quantitative estimate of drug-likeness (QED) is 0.545. The Bertz CT molecular complexity index is 994. The lowest BCUT2D eigenvalue weighted by Crippen LogP contribution is -2.35. The van der Waals surface area contributed by atoms with Gasteiger partial charge in [0.15, 0.2) is 12.4 Å². The zero-order chi connectivity index (χ0) is 20.5. The first-order chi connectivity index (χ1) is 14.2. The Kier molecular flexibility index (Phi) is 6.75. The fourth-order valence-electron chi connectivity index (χ4n) is 2.85. The third kappa shape index (κ3) is 5.30. The molecule has 29 heavy (non-hydrogen) atoms. The summed E-state index contributed by atoms with van der Waals surface area (Å²) in [6.07, 6.45) is 0.233. The van der Waals surface area contributed by atoms with Gasteiger partial charge in [-0.05, 0) is 36.4 Å². The number of nitriles is 1. The molecule has 0 aliphatic rings. The van der Waals surface area contributed by atoms with E-state index < -0.39 is 0 Å². The molecule has 144 valence electrons. The number of para-hydroxylation sites is 1. The van der Waals surface area contributed by atoms with Crippen molar-refractivity contribution in [2.45, 2.75) is 6.42 Å². The van der Waals surface area contributed by atoms with Gasteiger partial charge in [-0.1, -0.05) is 48.5 Å². The number of amides is 1. The summed E-state index contributed by atoms with van der Waals surface area (Å²) >= 11 is 0. The first kappa shape index (κ1) is 19.8.